The van der Waals surface area contributed by atoms with Gasteiger partial charge >= 0.3 is 0 Å². The van der Waals surface area contributed by atoms with Gasteiger partial charge < -0.3 is 15.4 Å². The second-order valence-electron chi connectivity index (χ2n) is 5.87. The van der Waals surface area contributed by atoms with Gasteiger partial charge in [0.15, 0.2) is 0 Å². The Hall–Kier alpha value is -1.22. The molecule has 1 fully saturated rings. The number of rotatable bonds is 4. The van der Waals surface area contributed by atoms with Gasteiger partial charge in [0, 0.05) is 30.4 Å². The molecule has 1 aliphatic rings. The largest absolute Gasteiger partial charge is 0.496 e. The van der Waals surface area contributed by atoms with Gasteiger partial charge in [0.25, 0.3) is 0 Å². The van der Waals surface area contributed by atoms with Crippen LogP contribution in [0.3, 0.4) is 0 Å². The van der Waals surface area contributed by atoms with Crippen molar-refractivity contribution in [1.82, 2.24) is 0 Å². The molecule has 1 aromatic rings. The number of benzene rings is 1. The highest BCUT2D eigenvalue weighted by Crippen LogP contribution is 2.35. The van der Waals surface area contributed by atoms with Crippen molar-refractivity contribution in [1.29, 1.82) is 0 Å². The fourth-order valence-electron chi connectivity index (χ4n) is 3.26. The second-order valence-corrected chi connectivity index (χ2v) is 5.87. The number of ether oxygens (including phenoxy) is 1. The minimum absolute atomic E-state index is 0.00799. The van der Waals surface area contributed by atoms with Crippen LogP contribution in [0.2, 0.25) is 0 Å². The van der Waals surface area contributed by atoms with E-state index in [0.29, 0.717) is 0 Å². The molecule has 0 bridgehead atoms. The zero-order chi connectivity index (χ0) is 14.5. The Balaban J connectivity index is 2.27. The summed E-state index contributed by atoms with van der Waals surface area (Å²) in [7, 11) is 1.72. The van der Waals surface area contributed by atoms with Crippen LogP contribution in [0.15, 0.2) is 18.2 Å². The molecule has 0 aliphatic carbocycles. The molecule has 1 aliphatic heterocycles. The van der Waals surface area contributed by atoms with Crippen molar-refractivity contribution in [2.45, 2.75) is 45.6 Å². The van der Waals surface area contributed by atoms with Gasteiger partial charge in [-0.2, -0.15) is 0 Å². The molecule has 112 valence electrons. The molecule has 20 heavy (non-hydrogen) atoms. The third kappa shape index (κ3) is 3.26. The molecule has 0 saturated carbocycles. The number of nitrogens with two attached hydrogens (primary N) is 1. The molecular weight excluding hydrogens is 248 g/mol. The first kappa shape index (κ1) is 15.2. The molecule has 1 heterocycles. The van der Waals surface area contributed by atoms with E-state index >= 15 is 0 Å². The third-order valence-electron chi connectivity index (χ3n) is 4.48. The van der Waals surface area contributed by atoms with Crippen molar-refractivity contribution in [2.24, 2.45) is 11.7 Å². The van der Waals surface area contributed by atoms with E-state index in [4.69, 9.17) is 10.5 Å². The van der Waals surface area contributed by atoms with E-state index in [9.17, 15) is 0 Å². The number of hydrogen-bond donors (Lipinski definition) is 1. The first-order valence-electron chi connectivity index (χ1n) is 7.84. The van der Waals surface area contributed by atoms with Crippen LogP contribution in [0, 0.1) is 5.92 Å². The van der Waals surface area contributed by atoms with Gasteiger partial charge in [-0.3, -0.25) is 0 Å². The van der Waals surface area contributed by atoms with E-state index in [1.54, 1.807) is 7.11 Å². The highest BCUT2D eigenvalue weighted by Gasteiger charge is 2.21. The Morgan fingerprint density at radius 1 is 1.35 bits per heavy atom. The van der Waals surface area contributed by atoms with E-state index in [-0.39, 0.29) is 6.04 Å². The number of nitrogens with zero attached hydrogens (tertiary/aromatic N) is 1. The Morgan fingerprint density at radius 2 is 2.15 bits per heavy atom. The van der Waals surface area contributed by atoms with Crippen molar-refractivity contribution in [3.8, 4) is 5.75 Å². The molecule has 2 atom stereocenters. The number of methoxy groups -OCH3 is 1. The SMILES string of the molecule is CCC1CCCN(c2cccc(OC)c2[C@@H](C)N)CC1. The maximum Gasteiger partial charge on any atom is 0.125 e. The summed E-state index contributed by atoms with van der Waals surface area (Å²) in [6, 6.07) is 6.26. The number of hydrogen-bond acceptors (Lipinski definition) is 3. The average Bonchev–Trinajstić information content (AvgIpc) is 2.71. The summed E-state index contributed by atoms with van der Waals surface area (Å²) in [6.45, 7) is 6.60. The molecule has 1 aromatic carbocycles. The molecule has 0 amide bonds. The lowest BCUT2D eigenvalue weighted by molar-refractivity contribution is 0.407. The van der Waals surface area contributed by atoms with E-state index < -0.39 is 0 Å². The quantitative estimate of drug-likeness (QED) is 0.910. The lowest BCUT2D eigenvalue weighted by Crippen LogP contribution is -2.26. The monoisotopic (exact) mass is 276 g/mol. The first-order valence-corrected chi connectivity index (χ1v) is 7.84. The highest BCUT2D eigenvalue weighted by atomic mass is 16.5. The van der Waals surface area contributed by atoms with Crippen molar-refractivity contribution in [2.75, 3.05) is 25.1 Å². The smallest absolute Gasteiger partial charge is 0.125 e. The van der Waals surface area contributed by atoms with Crippen LogP contribution < -0.4 is 15.4 Å². The molecule has 0 radical (unpaired) electrons. The molecule has 0 aromatic heterocycles. The Bertz CT molecular complexity index is 431. The standard InChI is InChI=1S/C17H28N2O/c1-4-14-7-6-11-19(12-10-14)15-8-5-9-16(20-3)17(15)13(2)18/h5,8-9,13-14H,4,6-7,10-12,18H2,1-3H3/t13-,14?/m1/s1. The molecule has 1 saturated heterocycles. The van der Waals surface area contributed by atoms with Crippen LogP contribution in [0.25, 0.3) is 0 Å². The van der Waals surface area contributed by atoms with Crippen molar-refractivity contribution >= 4 is 5.69 Å². The van der Waals surface area contributed by atoms with Crippen molar-refractivity contribution in [3.05, 3.63) is 23.8 Å². The molecule has 3 nitrogen and oxygen atoms in total. The lowest BCUT2D eigenvalue weighted by Gasteiger charge is -2.28. The summed E-state index contributed by atoms with van der Waals surface area (Å²) < 4.78 is 5.50. The van der Waals surface area contributed by atoms with E-state index in [1.807, 2.05) is 13.0 Å². The molecular formula is C17H28N2O. The zero-order valence-corrected chi connectivity index (χ0v) is 13.1. The molecule has 0 spiro atoms. The molecule has 2 N–H and O–H groups in total. The van der Waals surface area contributed by atoms with Gasteiger partial charge in [-0.05, 0) is 44.2 Å². The fourth-order valence-corrected chi connectivity index (χ4v) is 3.26. The van der Waals surface area contributed by atoms with Gasteiger partial charge in [-0.25, -0.2) is 0 Å². The molecule has 2 rings (SSSR count). The topological polar surface area (TPSA) is 38.5 Å². The summed E-state index contributed by atoms with van der Waals surface area (Å²) in [5, 5.41) is 0. The maximum atomic E-state index is 6.18. The van der Waals surface area contributed by atoms with Crippen LogP contribution in [-0.2, 0) is 0 Å². The van der Waals surface area contributed by atoms with Crippen LogP contribution in [0.1, 0.15) is 51.1 Å². The van der Waals surface area contributed by atoms with E-state index in [1.165, 1.54) is 31.4 Å². The van der Waals surface area contributed by atoms with Gasteiger partial charge in [0.2, 0.25) is 0 Å². The van der Waals surface area contributed by atoms with Crippen LogP contribution in [0.5, 0.6) is 5.75 Å². The summed E-state index contributed by atoms with van der Waals surface area (Å²) in [5.41, 5.74) is 8.59. The molecule has 3 heteroatoms. The fraction of sp³-hybridized carbons (Fsp3) is 0.647. The Labute approximate surface area is 123 Å². The second kappa shape index (κ2) is 6.98. The Morgan fingerprint density at radius 3 is 2.80 bits per heavy atom. The summed E-state index contributed by atoms with van der Waals surface area (Å²) in [4.78, 5) is 2.50. The van der Waals surface area contributed by atoms with Crippen LogP contribution in [-0.4, -0.2) is 20.2 Å². The van der Waals surface area contributed by atoms with Crippen molar-refractivity contribution < 1.29 is 4.74 Å². The lowest BCUT2D eigenvalue weighted by atomic mass is 9.98. The predicted octanol–water partition coefficient (Wildman–Crippen LogP) is 3.73. The van der Waals surface area contributed by atoms with E-state index in [0.717, 1.165) is 30.3 Å². The van der Waals surface area contributed by atoms with E-state index in [2.05, 4.69) is 24.0 Å². The van der Waals surface area contributed by atoms with Gasteiger partial charge in [-0.15, -0.1) is 0 Å². The predicted molar refractivity (Wildman–Crippen MR) is 85.4 cm³/mol. The zero-order valence-electron chi connectivity index (χ0n) is 13.1. The van der Waals surface area contributed by atoms with Crippen LogP contribution in [0.4, 0.5) is 5.69 Å². The summed E-state index contributed by atoms with van der Waals surface area (Å²) >= 11 is 0. The van der Waals surface area contributed by atoms with Gasteiger partial charge in [0.05, 0.1) is 7.11 Å². The maximum absolute atomic E-state index is 6.18. The highest BCUT2D eigenvalue weighted by molar-refractivity contribution is 5.60. The minimum atomic E-state index is -0.00799. The van der Waals surface area contributed by atoms with Gasteiger partial charge in [-0.1, -0.05) is 19.4 Å². The van der Waals surface area contributed by atoms with Crippen LogP contribution >= 0.6 is 0 Å². The average molecular weight is 276 g/mol. The summed E-state index contributed by atoms with van der Waals surface area (Å²) in [5.74, 6) is 1.79. The van der Waals surface area contributed by atoms with Crippen molar-refractivity contribution in [3.63, 3.8) is 0 Å². The number of anilines is 1. The Kier molecular flexibility index (Phi) is 5.30. The normalized spacial score (nSPS) is 21.4. The minimum Gasteiger partial charge on any atom is -0.496 e. The summed E-state index contributed by atoms with van der Waals surface area (Å²) in [6.07, 6.45) is 5.21. The molecule has 1 unspecified atom stereocenters. The van der Waals surface area contributed by atoms with Gasteiger partial charge in [0.1, 0.15) is 5.75 Å². The first-order chi connectivity index (χ1) is 9.67. The third-order valence-corrected chi connectivity index (χ3v) is 4.48.